The number of ether oxygens (including phenoxy) is 1. The van der Waals surface area contributed by atoms with Crippen molar-refractivity contribution in [1.29, 1.82) is 0 Å². The average Bonchev–Trinajstić information content (AvgIpc) is 3.51. The van der Waals surface area contributed by atoms with E-state index in [-0.39, 0.29) is 17.2 Å². The summed E-state index contributed by atoms with van der Waals surface area (Å²) in [6.45, 7) is 4.17. The van der Waals surface area contributed by atoms with Crippen molar-refractivity contribution >= 4 is 12.1 Å². The predicted octanol–water partition coefficient (Wildman–Crippen LogP) is 4.77. The molecule has 1 saturated carbocycles. The summed E-state index contributed by atoms with van der Waals surface area (Å²) in [4.78, 5) is 13.0. The van der Waals surface area contributed by atoms with Gasteiger partial charge in [-0.15, -0.1) is 0 Å². The second-order valence-corrected chi connectivity index (χ2v) is 7.97. The van der Waals surface area contributed by atoms with Gasteiger partial charge in [-0.05, 0) is 61.2 Å². The molecule has 0 spiro atoms. The molecule has 1 fully saturated rings. The van der Waals surface area contributed by atoms with Gasteiger partial charge in [-0.1, -0.05) is 59.7 Å². The maximum absolute atomic E-state index is 13.0. The van der Waals surface area contributed by atoms with Gasteiger partial charge in [0.2, 0.25) is 5.91 Å². The van der Waals surface area contributed by atoms with Crippen LogP contribution in [0.1, 0.15) is 34.2 Å². The first-order chi connectivity index (χ1) is 14.5. The minimum atomic E-state index is -0.294. The Labute approximate surface area is 177 Å². The first-order valence-electron chi connectivity index (χ1n) is 10.1. The van der Waals surface area contributed by atoms with E-state index in [1.54, 1.807) is 13.3 Å². The molecule has 1 N–H and O–H groups in total. The van der Waals surface area contributed by atoms with Gasteiger partial charge in [0.15, 0.2) is 0 Å². The lowest BCUT2D eigenvalue weighted by Gasteiger charge is -2.19. The molecule has 3 aromatic rings. The summed E-state index contributed by atoms with van der Waals surface area (Å²) in [5.41, 5.74) is 8.12. The number of methoxy groups -OCH3 is 1. The quantitative estimate of drug-likeness (QED) is 0.480. The number of nitrogens with zero attached hydrogens (tertiary/aromatic N) is 1. The number of carbonyl (C=O) groups excluding carboxylic acids is 1. The summed E-state index contributed by atoms with van der Waals surface area (Å²) in [7, 11) is 1.63. The standard InChI is InChI=1S/C26H26N2O2/c1-18-6-4-8-21(14-18)26(22-9-5-7-19(2)15-22)16-24(26)25(29)28-27-17-20-10-12-23(30-3)13-11-20/h4-15,17,24H,16H2,1-3H3,(H,28,29)/t24-/m1/s1. The number of benzene rings is 3. The molecule has 0 unspecified atom stereocenters. The van der Waals surface area contributed by atoms with Gasteiger partial charge >= 0.3 is 0 Å². The molecule has 4 rings (SSSR count). The summed E-state index contributed by atoms with van der Waals surface area (Å²) in [5.74, 6) is 0.590. The third-order valence-corrected chi connectivity index (χ3v) is 5.85. The van der Waals surface area contributed by atoms with Crippen LogP contribution in [-0.2, 0) is 10.2 Å². The zero-order chi connectivity index (χ0) is 21.1. The number of nitrogens with one attached hydrogen (secondary N) is 1. The molecule has 1 aliphatic carbocycles. The zero-order valence-electron chi connectivity index (χ0n) is 17.6. The number of hydrogen-bond donors (Lipinski definition) is 1. The summed E-state index contributed by atoms with van der Waals surface area (Å²) < 4.78 is 5.16. The third-order valence-electron chi connectivity index (χ3n) is 5.85. The van der Waals surface area contributed by atoms with Crippen molar-refractivity contribution in [3.05, 3.63) is 101 Å². The molecule has 0 bridgehead atoms. The zero-order valence-corrected chi connectivity index (χ0v) is 17.6. The van der Waals surface area contributed by atoms with Crippen molar-refractivity contribution in [3.8, 4) is 5.75 Å². The van der Waals surface area contributed by atoms with E-state index in [9.17, 15) is 4.79 Å². The van der Waals surface area contributed by atoms with Gasteiger partial charge in [0.25, 0.3) is 0 Å². The normalized spacial score (nSPS) is 17.0. The molecule has 30 heavy (non-hydrogen) atoms. The minimum Gasteiger partial charge on any atom is -0.497 e. The molecule has 1 amide bonds. The molecular formula is C26H26N2O2. The number of aryl methyl sites for hydroxylation is 2. The lowest BCUT2D eigenvalue weighted by atomic mass is 9.84. The van der Waals surface area contributed by atoms with E-state index >= 15 is 0 Å². The van der Waals surface area contributed by atoms with Crippen molar-refractivity contribution < 1.29 is 9.53 Å². The Morgan fingerprint density at radius 3 is 2.13 bits per heavy atom. The van der Waals surface area contributed by atoms with Crippen LogP contribution in [0.4, 0.5) is 0 Å². The van der Waals surface area contributed by atoms with Gasteiger partial charge < -0.3 is 4.74 Å². The number of hydrogen-bond acceptors (Lipinski definition) is 3. The van der Waals surface area contributed by atoms with E-state index in [2.05, 4.69) is 72.9 Å². The molecule has 152 valence electrons. The van der Waals surface area contributed by atoms with Crippen molar-refractivity contribution in [3.63, 3.8) is 0 Å². The highest BCUT2D eigenvalue weighted by Gasteiger charge is 2.60. The Balaban J connectivity index is 1.55. The van der Waals surface area contributed by atoms with E-state index in [0.29, 0.717) is 0 Å². The minimum absolute atomic E-state index is 0.0530. The molecule has 1 aliphatic rings. The van der Waals surface area contributed by atoms with Crippen molar-refractivity contribution in [2.75, 3.05) is 7.11 Å². The largest absolute Gasteiger partial charge is 0.497 e. The summed E-state index contributed by atoms with van der Waals surface area (Å²) in [5, 5.41) is 4.18. The van der Waals surface area contributed by atoms with Crippen LogP contribution >= 0.6 is 0 Å². The second-order valence-electron chi connectivity index (χ2n) is 7.97. The Hall–Kier alpha value is -3.40. The molecule has 0 saturated heterocycles. The second kappa shape index (κ2) is 8.15. The van der Waals surface area contributed by atoms with Gasteiger partial charge in [-0.2, -0.15) is 5.10 Å². The molecule has 4 heteroatoms. The van der Waals surface area contributed by atoms with E-state index in [1.165, 1.54) is 22.3 Å². The first-order valence-corrected chi connectivity index (χ1v) is 10.1. The number of carbonyl (C=O) groups is 1. The molecule has 0 heterocycles. The van der Waals surface area contributed by atoms with E-state index < -0.39 is 0 Å². The van der Waals surface area contributed by atoms with Crippen LogP contribution in [0.3, 0.4) is 0 Å². The Kier molecular flexibility index (Phi) is 5.40. The molecule has 3 aromatic carbocycles. The fraction of sp³-hybridized carbons (Fsp3) is 0.231. The summed E-state index contributed by atoms with van der Waals surface area (Å²) in [6.07, 6.45) is 2.44. The van der Waals surface area contributed by atoms with Crippen LogP contribution in [0.15, 0.2) is 77.9 Å². The van der Waals surface area contributed by atoms with E-state index in [4.69, 9.17) is 4.74 Å². The monoisotopic (exact) mass is 398 g/mol. The molecule has 0 aromatic heterocycles. The van der Waals surface area contributed by atoms with Crippen LogP contribution in [0.5, 0.6) is 5.75 Å². The Bertz CT molecular complexity index is 1040. The molecule has 1 atom stereocenters. The fourth-order valence-corrected chi connectivity index (χ4v) is 4.17. The maximum Gasteiger partial charge on any atom is 0.244 e. The first kappa shape index (κ1) is 19.9. The van der Waals surface area contributed by atoms with Crippen molar-refractivity contribution in [2.24, 2.45) is 11.0 Å². The third kappa shape index (κ3) is 3.86. The lowest BCUT2D eigenvalue weighted by Crippen LogP contribution is -2.25. The van der Waals surface area contributed by atoms with Crippen LogP contribution in [0.2, 0.25) is 0 Å². The fourth-order valence-electron chi connectivity index (χ4n) is 4.17. The summed E-state index contributed by atoms with van der Waals surface area (Å²) in [6, 6.07) is 24.5. The Morgan fingerprint density at radius 2 is 1.60 bits per heavy atom. The van der Waals surface area contributed by atoms with Crippen molar-refractivity contribution in [1.82, 2.24) is 5.43 Å². The van der Waals surface area contributed by atoms with Gasteiger partial charge in [0.1, 0.15) is 5.75 Å². The highest BCUT2D eigenvalue weighted by atomic mass is 16.5. The predicted molar refractivity (Wildman–Crippen MR) is 120 cm³/mol. The van der Waals surface area contributed by atoms with Crippen LogP contribution < -0.4 is 10.2 Å². The number of amides is 1. The van der Waals surface area contributed by atoms with Gasteiger partial charge in [0.05, 0.1) is 19.2 Å². The smallest absolute Gasteiger partial charge is 0.244 e. The SMILES string of the molecule is COc1ccc(C=NNC(=O)[C@H]2CC2(c2cccc(C)c2)c2cccc(C)c2)cc1. The molecule has 4 nitrogen and oxygen atoms in total. The highest BCUT2D eigenvalue weighted by Crippen LogP contribution is 2.59. The van der Waals surface area contributed by atoms with E-state index in [1.807, 2.05) is 24.3 Å². The maximum atomic E-state index is 13.0. The molecule has 0 aliphatic heterocycles. The van der Waals surface area contributed by atoms with Crippen LogP contribution in [0, 0.1) is 19.8 Å². The highest BCUT2D eigenvalue weighted by molar-refractivity contribution is 5.87. The molecule has 0 radical (unpaired) electrons. The van der Waals surface area contributed by atoms with Gasteiger partial charge in [-0.25, -0.2) is 5.43 Å². The van der Waals surface area contributed by atoms with Crippen molar-refractivity contribution in [2.45, 2.75) is 25.7 Å². The van der Waals surface area contributed by atoms with Crippen LogP contribution in [0.25, 0.3) is 0 Å². The average molecular weight is 399 g/mol. The number of hydrazone groups is 1. The van der Waals surface area contributed by atoms with Gasteiger partial charge in [-0.3, -0.25) is 4.79 Å². The summed E-state index contributed by atoms with van der Waals surface area (Å²) >= 11 is 0. The Morgan fingerprint density at radius 1 is 1.00 bits per heavy atom. The number of rotatable bonds is 6. The lowest BCUT2D eigenvalue weighted by molar-refractivity contribution is -0.122. The van der Waals surface area contributed by atoms with Crippen LogP contribution in [-0.4, -0.2) is 19.2 Å². The molecular weight excluding hydrogens is 372 g/mol. The topological polar surface area (TPSA) is 50.7 Å². The van der Waals surface area contributed by atoms with E-state index in [0.717, 1.165) is 17.7 Å². The van der Waals surface area contributed by atoms with Gasteiger partial charge in [0, 0.05) is 5.41 Å².